The number of aromatic hydroxyl groups is 1. The van der Waals surface area contributed by atoms with Crippen LogP contribution >= 0.6 is 0 Å². The lowest BCUT2D eigenvalue weighted by atomic mass is 10.0. The second kappa shape index (κ2) is 8.40. The molecule has 2 aromatic carbocycles. The van der Waals surface area contributed by atoms with Gasteiger partial charge >= 0.3 is 5.97 Å². The number of rotatable bonds is 7. The molecule has 27 heavy (non-hydrogen) atoms. The van der Waals surface area contributed by atoms with Gasteiger partial charge in [-0.1, -0.05) is 36.4 Å². The van der Waals surface area contributed by atoms with Crippen LogP contribution in [-0.2, 0) is 27.2 Å². The first-order valence-electron chi connectivity index (χ1n) is 8.77. The van der Waals surface area contributed by atoms with Gasteiger partial charge in [0.15, 0.2) is 0 Å². The van der Waals surface area contributed by atoms with Gasteiger partial charge in [0.05, 0.1) is 7.11 Å². The number of aromatic nitrogens is 1. The molecule has 1 aromatic heterocycles. The molecule has 1 atom stereocenters. The highest BCUT2D eigenvalue weighted by molar-refractivity contribution is 5.87. The smallest absolute Gasteiger partial charge is 0.328 e. The summed E-state index contributed by atoms with van der Waals surface area (Å²) >= 11 is 0. The molecule has 0 spiro atoms. The van der Waals surface area contributed by atoms with Crippen molar-refractivity contribution in [2.45, 2.75) is 25.3 Å². The number of fused-ring (bicyclic) bond motifs is 1. The normalized spacial score (nSPS) is 11.9. The van der Waals surface area contributed by atoms with E-state index in [0.29, 0.717) is 18.4 Å². The molecule has 0 saturated carbocycles. The Bertz CT molecular complexity index is 948. The Morgan fingerprint density at radius 2 is 1.85 bits per heavy atom. The molecule has 3 N–H and O–H groups in total. The summed E-state index contributed by atoms with van der Waals surface area (Å²) < 4.78 is 4.85. The zero-order valence-electron chi connectivity index (χ0n) is 15.1. The number of H-pyrrole nitrogens is 1. The number of ether oxygens (including phenoxy) is 1. The van der Waals surface area contributed by atoms with Gasteiger partial charge in [-0.3, -0.25) is 4.79 Å². The number of benzene rings is 2. The lowest BCUT2D eigenvalue weighted by molar-refractivity contribution is -0.145. The monoisotopic (exact) mass is 366 g/mol. The number of nitrogens with one attached hydrogen (secondary N) is 2. The molecule has 6 nitrogen and oxygen atoms in total. The summed E-state index contributed by atoms with van der Waals surface area (Å²) in [6.07, 6.45) is 2.73. The zero-order valence-corrected chi connectivity index (χ0v) is 15.1. The van der Waals surface area contributed by atoms with Crippen LogP contribution in [0.15, 0.2) is 54.7 Å². The number of hydrogen-bond acceptors (Lipinski definition) is 4. The standard InChI is InChI=1S/C21H22N2O4/c1-27-21(26)18(12-15-13-22-17-8-4-3-7-16(15)17)23-20(25)11-10-14-6-2-5-9-19(14)24/h2-9,13,18,22,24H,10-12H2,1H3,(H,23,25). The molecule has 140 valence electrons. The number of carbonyl (C=O) groups excluding carboxylic acids is 2. The summed E-state index contributed by atoms with van der Waals surface area (Å²) in [6.45, 7) is 0. The molecular weight excluding hydrogens is 344 g/mol. The molecular formula is C21H22N2O4. The van der Waals surface area contributed by atoms with E-state index in [0.717, 1.165) is 16.5 Å². The number of esters is 1. The average molecular weight is 366 g/mol. The molecule has 6 heteroatoms. The Kier molecular flexibility index (Phi) is 5.76. The number of phenols is 1. The Morgan fingerprint density at radius 3 is 2.63 bits per heavy atom. The van der Waals surface area contributed by atoms with E-state index < -0.39 is 12.0 Å². The van der Waals surface area contributed by atoms with Crippen molar-refractivity contribution in [1.29, 1.82) is 0 Å². The van der Waals surface area contributed by atoms with Crippen molar-refractivity contribution in [3.05, 3.63) is 65.9 Å². The minimum atomic E-state index is -0.772. The van der Waals surface area contributed by atoms with Crippen molar-refractivity contribution in [2.75, 3.05) is 7.11 Å². The lowest BCUT2D eigenvalue weighted by Crippen LogP contribution is -2.43. The number of para-hydroxylation sites is 2. The highest BCUT2D eigenvalue weighted by Gasteiger charge is 2.23. The first kappa shape index (κ1) is 18.5. The van der Waals surface area contributed by atoms with Gasteiger partial charge in [0.2, 0.25) is 5.91 Å². The molecule has 0 aliphatic rings. The molecule has 1 unspecified atom stereocenters. The maximum atomic E-state index is 12.3. The van der Waals surface area contributed by atoms with Gasteiger partial charge in [-0.15, -0.1) is 0 Å². The molecule has 0 bridgehead atoms. The highest BCUT2D eigenvalue weighted by atomic mass is 16.5. The number of phenolic OH excluding ortho intramolecular Hbond substituents is 1. The van der Waals surface area contributed by atoms with E-state index in [1.165, 1.54) is 7.11 Å². The van der Waals surface area contributed by atoms with Crippen molar-refractivity contribution in [3.8, 4) is 5.75 Å². The third-order valence-electron chi connectivity index (χ3n) is 4.53. The van der Waals surface area contributed by atoms with E-state index in [4.69, 9.17) is 4.74 Å². The molecule has 0 fully saturated rings. The molecule has 0 saturated heterocycles. The second-order valence-electron chi connectivity index (χ2n) is 6.34. The van der Waals surface area contributed by atoms with Gasteiger partial charge < -0.3 is 20.1 Å². The molecule has 1 amide bonds. The van der Waals surface area contributed by atoms with Crippen LogP contribution in [0.25, 0.3) is 10.9 Å². The van der Waals surface area contributed by atoms with Gasteiger partial charge in [-0.05, 0) is 29.7 Å². The Morgan fingerprint density at radius 1 is 1.11 bits per heavy atom. The van der Waals surface area contributed by atoms with Crippen molar-refractivity contribution in [3.63, 3.8) is 0 Å². The van der Waals surface area contributed by atoms with E-state index in [-0.39, 0.29) is 18.1 Å². The molecule has 0 aliphatic heterocycles. The van der Waals surface area contributed by atoms with E-state index >= 15 is 0 Å². The summed E-state index contributed by atoms with van der Waals surface area (Å²) in [5.41, 5.74) is 2.60. The third kappa shape index (κ3) is 4.47. The predicted octanol–water partition coefficient (Wildman–Crippen LogP) is 2.71. The van der Waals surface area contributed by atoms with Gasteiger partial charge in [0, 0.05) is 29.9 Å². The van der Waals surface area contributed by atoms with Gasteiger partial charge in [-0.25, -0.2) is 4.79 Å². The maximum absolute atomic E-state index is 12.3. The van der Waals surface area contributed by atoms with Crippen LogP contribution in [0.4, 0.5) is 0 Å². The zero-order chi connectivity index (χ0) is 19.2. The largest absolute Gasteiger partial charge is 0.508 e. The molecule has 0 aliphatic carbocycles. The number of methoxy groups -OCH3 is 1. The second-order valence-corrected chi connectivity index (χ2v) is 6.34. The Labute approximate surface area is 157 Å². The summed E-state index contributed by atoms with van der Waals surface area (Å²) in [5.74, 6) is -0.599. The van der Waals surface area contributed by atoms with Crippen LogP contribution in [0.1, 0.15) is 17.5 Å². The average Bonchev–Trinajstić information content (AvgIpc) is 3.09. The number of hydrogen-bond donors (Lipinski definition) is 3. The van der Waals surface area contributed by atoms with Crippen LogP contribution in [0, 0.1) is 0 Å². The summed E-state index contributed by atoms with van der Waals surface area (Å²) in [6, 6.07) is 13.9. The van der Waals surface area contributed by atoms with Crippen molar-refractivity contribution in [2.24, 2.45) is 0 Å². The van der Waals surface area contributed by atoms with Gasteiger partial charge in [0.1, 0.15) is 11.8 Å². The molecule has 3 aromatic rings. The minimum absolute atomic E-state index is 0.161. The summed E-state index contributed by atoms with van der Waals surface area (Å²) in [7, 11) is 1.30. The Hall–Kier alpha value is -3.28. The molecule has 3 rings (SSSR count). The predicted molar refractivity (Wildman–Crippen MR) is 102 cm³/mol. The van der Waals surface area contributed by atoms with Crippen LogP contribution in [-0.4, -0.2) is 35.1 Å². The van der Waals surface area contributed by atoms with E-state index in [2.05, 4.69) is 10.3 Å². The minimum Gasteiger partial charge on any atom is -0.508 e. The van der Waals surface area contributed by atoms with Crippen LogP contribution in [0.2, 0.25) is 0 Å². The summed E-state index contributed by atoms with van der Waals surface area (Å²) in [5, 5.41) is 13.6. The van der Waals surface area contributed by atoms with E-state index in [1.807, 2.05) is 30.5 Å². The number of aromatic amines is 1. The topological polar surface area (TPSA) is 91.4 Å². The maximum Gasteiger partial charge on any atom is 0.328 e. The van der Waals surface area contributed by atoms with Crippen LogP contribution < -0.4 is 5.32 Å². The number of aryl methyl sites for hydroxylation is 1. The molecule has 1 heterocycles. The first-order valence-corrected chi connectivity index (χ1v) is 8.77. The third-order valence-corrected chi connectivity index (χ3v) is 4.53. The number of carbonyl (C=O) groups is 2. The fourth-order valence-corrected chi connectivity index (χ4v) is 3.09. The fraction of sp³-hybridized carbons (Fsp3) is 0.238. The van der Waals surface area contributed by atoms with Crippen molar-refractivity contribution >= 4 is 22.8 Å². The highest BCUT2D eigenvalue weighted by Crippen LogP contribution is 2.20. The van der Waals surface area contributed by atoms with E-state index in [1.54, 1.807) is 24.3 Å². The Balaban J connectivity index is 1.67. The number of amides is 1. The van der Waals surface area contributed by atoms with Gasteiger partial charge in [0.25, 0.3) is 0 Å². The lowest BCUT2D eigenvalue weighted by Gasteiger charge is -2.16. The van der Waals surface area contributed by atoms with Crippen molar-refractivity contribution in [1.82, 2.24) is 10.3 Å². The first-order chi connectivity index (χ1) is 13.1. The summed E-state index contributed by atoms with van der Waals surface area (Å²) in [4.78, 5) is 27.7. The molecule has 0 radical (unpaired) electrons. The van der Waals surface area contributed by atoms with Crippen LogP contribution in [0.3, 0.4) is 0 Å². The van der Waals surface area contributed by atoms with Gasteiger partial charge in [-0.2, -0.15) is 0 Å². The van der Waals surface area contributed by atoms with E-state index in [9.17, 15) is 14.7 Å². The SMILES string of the molecule is COC(=O)C(Cc1c[nH]c2ccccc12)NC(=O)CCc1ccccc1O. The van der Waals surface area contributed by atoms with Crippen LogP contribution in [0.5, 0.6) is 5.75 Å². The quantitative estimate of drug-likeness (QED) is 0.561. The fourth-order valence-electron chi connectivity index (χ4n) is 3.09. The van der Waals surface area contributed by atoms with Crippen molar-refractivity contribution < 1.29 is 19.4 Å².